The summed E-state index contributed by atoms with van der Waals surface area (Å²) in [4.78, 5) is 13.8. The summed E-state index contributed by atoms with van der Waals surface area (Å²) in [6, 6.07) is 20.1. The van der Waals surface area contributed by atoms with Gasteiger partial charge in [-0.3, -0.25) is 4.79 Å². The number of ketones is 1. The number of carbonyl (C=O) groups excluding carboxylic acids is 1. The van der Waals surface area contributed by atoms with Crippen LogP contribution in [0.2, 0.25) is 0 Å². The zero-order valence-electron chi connectivity index (χ0n) is 16.7. The molecule has 1 spiro atoms. The zero-order chi connectivity index (χ0) is 19.9. The van der Waals surface area contributed by atoms with Crippen LogP contribution >= 0.6 is 0 Å². The Morgan fingerprint density at radius 2 is 1.69 bits per heavy atom. The van der Waals surface area contributed by atoms with Crippen LogP contribution in [-0.4, -0.2) is 16.7 Å². The van der Waals surface area contributed by atoms with Crippen molar-refractivity contribution >= 4 is 11.9 Å². The molecule has 3 fully saturated rings. The van der Waals surface area contributed by atoms with E-state index in [-0.39, 0.29) is 11.7 Å². The Balaban J connectivity index is 1.55. The second-order valence-corrected chi connectivity index (χ2v) is 8.97. The molecule has 3 aliphatic rings. The Labute approximate surface area is 172 Å². The van der Waals surface area contributed by atoms with E-state index in [4.69, 9.17) is 4.74 Å². The SMILES string of the molecule is O=C1C(=Cc2ccccc2)CCC12CC1CCCCC1(O)OC2c1ccccc1. The van der Waals surface area contributed by atoms with Gasteiger partial charge in [-0.1, -0.05) is 67.1 Å². The quantitative estimate of drug-likeness (QED) is 0.695. The number of fused-ring (bicyclic) bond motifs is 1. The average molecular weight is 389 g/mol. The Morgan fingerprint density at radius 3 is 2.45 bits per heavy atom. The third-order valence-electron chi connectivity index (χ3n) is 7.24. The number of allylic oxidation sites excluding steroid dienone is 1. The smallest absolute Gasteiger partial charge is 0.169 e. The molecule has 0 amide bonds. The van der Waals surface area contributed by atoms with E-state index in [0.29, 0.717) is 12.8 Å². The van der Waals surface area contributed by atoms with Gasteiger partial charge in [0.05, 0.1) is 11.5 Å². The van der Waals surface area contributed by atoms with Gasteiger partial charge in [0.2, 0.25) is 0 Å². The van der Waals surface area contributed by atoms with Crippen molar-refractivity contribution in [3.8, 4) is 0 Å². The van der Waals surface area contributed by atoms with E-state index in [1.165, 1.54) is 0 Å². The first kappa shape index (κ1) is 18.8. The van der Waals surface area contributed by atoms with Crippen LogP contribution in [0.1, 0.15) is 62.2 Å². The molecular formula is C26H28O3. The number of rotatable bonds is 2. The summed E-state index contributed by atoms with van der Waals surface area (Å²) in [5.74, 6) is -0.852. The van der Waals surface area contributed by atoms with Gasteiger partial charge in [-0.25, -0.2) is 0 Å². The first-order valence-electron chi connectivity index (χ1n) is 10.9. The predicted molar refractivity (Wildman–Crippen MR) is 113 cm³/mol. The topological polar surface area (TPSA) is 46.5 Å². The average Bonchev–Trinajstić information content (AvgIpc) is 3.05. The lowest BCUT2D eigenvalue weighted by Gasteiger charge is -2.53. The van der Waals surface area contributed by atoms with E-state index in [2.05, 4.69) is 0 Å². The standard InChI is InChI=1S/C26H28O3/c27-23-21(17-19-9-3-1-4-10-19)14-16-25(23)18-22-13-7-8-15-26(22,28)29-24(25)20-11-5-2-6-12-20/h1-6,9-12,17,22,24,28H,7-8,13-16,18H2. The van der Waals surface area contributed by atoms with Crippen molar-refractivity contribution in [3.63, 3.8) is 0 Å². The highest BCUT2D eigenvalue weighted by molar-refractivity contribution is 6.06. The molecule has 150 valence electrons. The van der Waals surface area contributed by atoms with Crippen LogP contribution in [0.3, 0.4) is 0 Å². The summed E-state index contributed by atoms with van der Waals surface area (Å²) in [7, 11) is 0. The van der Waals surface area contributed by atoms with E-state index in [1.807, 2.05) is 66.7 Å². The first-order valence-corrected chi connectivity index (χ1v) is 10.9. The first-order chi connectivity index (χ1) is 14.1. The van der Waals surface area contributed by atoms with Gasteiger partial charge in [-0.2, -0.15) is 0 Å². The maximum absolute atomic E-state index is 13.8. The van der Waals surface area contributed by atoms with Crippen LogP contribution in [0.15, 0.2) is 66.2 Å². The Kier molecular flexibility index (Phi) is 4.68. The van der Waals surface area contributed by atoms with Gasteiger partial charge in [-0.15, -0.1) is 0 Å². The van der Waals surface area contributed by atoms with Crippen molar-refractivity contribution in [1.29, 1.82) is 0 Å². The van der Waals surface area contributed by atoms with Gasteiger partial charge in [0, 0.05) is 12.3 Å². The molecule has 2 aromatic carbocycles. The van der Waals surface area contributed by atoms with Crippen LogP contribution in [0.5, 0.6) is 0 Å². The number of Topliss-reactive ketones (excluding diaryl/α,β-unsaturated/α-hetero) is 1. The van der Waals surface area contributed by atoms with Gasteiger partial charge in [0.25, 0.3) is 0 Å². The normalized spacial score (nSPS) is 35.8. The molecule has 1 heterocycles. The molecule has 1 N–H and O–H groups in total. The van der Waals surface area contributed by atoms with Crippen molar-refractivity contribution in [2.45, 2.75) is 56.8 Å². The lowest BCUT2D eigenvalue weighted by Crippen LogP contribution is -2.55. The summed E-state index contributed by atoms with van der Waals surface area (Å²) in [6.07, 6.45) is 7.61. The molecule has 4 atom stereocenters. The lowest BCUT2D eigenvalue weighted by atomic mass is 9.63. The maximum Gasteiger partial charge on any atom is 0.169 e. The minimum atomic E-state index is -1.10. The fourth-order valence-corrected chi connectivity index (χ4v) is 5.73. The molecule has 0 radical (unpaired) electrons. The molecule has 3 nitrogen and oxygen atoms in total. The number of hydrogen-bond acceptors (Lipinski definition) is 3. The number of ether oxygens (including phenoxy) is 1. The van der Waals surface area contributed by atoms with Crippen LogP contribution in [0.25, 0.3) is 6.08 Å². The molecular weight excluding hydrogens is 360 g/mol. The molecule has 1 saturated heterocycles. The maximum atomic E-state index is 13.8. The van der Waals surface area contributed by atoms with Gasteiger partial charge < -0.3 is 9.84 Å². The fraction of sp³-hybridized carbons (Fsp3) is 0.423. The number of hydrogen-bond donors (Lipinski definition) is 1. The number of benzene rings is 2. The van der Waals surface area contributed by atoms with Crippen LogP contribution in [-0.2, 0) is 9.53 Å². The van der Waals surface area contributed by atoms with Crippen LogP contribution in [0.4, 0.5) is 0 Å². The molecule has 5 rings (SSSR count). The molecule has 2 aliphatic carbocycles. The second-order valence-electron chi connectivity index (χ2n) is 8.97. The van der Waals surface area contributed by atoms with E-state index in [1.54, 1.807) is 0 Å². The molecule has 0 bridgehead atoms. The van der Waals surface area contributed by atoms with Crippen molar-refractivity contribution < 1.29 is 14.6 Å². The van der Waals surface area contributed by atoms with Crippen molar-refractivity contribution in [2.24, 2.45) is 11.3 Å². The summed E-state index contributed by atoms with van der Waals surface area (Å²) in [5, 5.41) is 11.3. The summed E-state index contributed by atoms with van der Waals surface area (Å²) < 4.78 is 6.48. The van der Waals surface area contributed by atoms with Crippen molar-refractivity contribution in [2.75, 3.05) is 0 Å². The third kappa shape index (κ3) is 3.17. The largest absolute Gasteiger partial charge is 0.365 e. The molecule has 3 heteroatoms. The molecule has 1 aliphatic heterocycles. The lowest BCUT2D eigenvalue weighted by molar-refractivity contribution is -0.323. The minimum Gasteiger partial charge on any atom is -0.365 e. The van der Waals surface area contributed by atoms with Gasteiger partial charge >= 0.3 is 0 Å². The zero-order valence-corrected chi connectivity index (χ0v) is 16.7. The highest BCUT2D eigenvalue weighted by Crippen LogP contribution is 2.60. The molecule has 2 saturated carbocycles. The number of aliphatic hydroxyl groups is 1. The highest BCUT2D eigenvalue weighted by atomic mass is 16.6. The molecule has 4 unspecified atom stereocenters. The Hall–Kier alpha value is -2.23. The number of carbonyl (C=O) groups is 1. The Morgan fingerprint density at radius 1 is 0.966 bits per heavy atom. The van der Waals surface area contributed by atoms with E-state index >= 15 is 0 Å². The highest BCUT2D eigenvalue weighted by Gasteiger charge is 2.61. The van der Waals surface area contributed by atoms with Crippen LogP contribution < -0.4 is 0 Å². The van der Waals surface area contributed by atoms with Crippen LogP contribution in [0, 0.1) is 11.3 Å². The molecule has 2 aromatic rings. The second kappa shape index (κ2) is 7.23. The van der Waals surface area contributed by atoms with Gasteiger partial charge in [0.1, 0.15) is 0 Å². The molecule has 0 aromatic heterocycles. The minimum absolute atomic E-state index is 0.0382. The Bertz CT molecular complexity index is 919. The van der Waals surface area contributed by atoms with Gasteiger partial charge in [0.15, 0.2) is 11.6 Å². The van der Waals surface area contributed by atoms with Crippen molar-refractivity contribution in [1.82, 2.24) is 0 Å². The third-order valence-corrected chi connectivity index (χ3v) is 7.24. The summed E-state index contributed by atoms with van der Waals surface area (Å²) in [5.41, 5.74) is 2.38. The van der Waals surface area contributed by atoms with Gasteiger partial charge in [-0.05, 0) is 54.9 Å². The molecule has 29 heavy (non-hydrogen) atoms. The monoisotopic (exact) mass is 388 g/mol. The predicted octanol–water partition coefficient (Wildman–Crippen LogP) is 5.46. The summed E-state index contributed by atoms with van der Waals surface area (Å²) in [6.45, 7) is 0. The van der Waals surface area contributed by atoms with Crippen molar-refractivity contribution in [3.05, 3.63) is 77.4 Å². The van der Waals surface area contributed by atoms with E-state index in [0.717, 1.165) is 48.8 Å². The van der Waals surface area contributed by atoms with E-state index < -0.39 is 17.3 Å². The van der Waals surface area contributed by atoms with E-state index in [9.17, 15) is 9.90 Å². The fourth-order valence-electron chi connectivity index (χ4n) is 5.73. The summed E-state index contributed by atoms with van der Waals surface area (Å²) >= 11 is 0.